The summed E-state index contributed by atoms with van der Waals surface area (Å²) in [7, 11) is 0. The van der Waals surface area contributed by atoms with Gasteiger partial charge in [0.25, 0.3) is 5.69 Å². The van der Waals surface area contributed by atoms with Crippen LogP contribution in [0.15, 0.2) is 18.2 Å². The lowest BCUT2D eigenvalue weighted by Gasteiger charge is -2.02. The third-order valence-corrected chi connectivity index (χ3v) is 1.69. The van der Waals surface area contributed by atoms with Gasteiger partial charge in [0.2, 0.25) is 0 Å². The molecule has 0 spiro atoms. The fourth-order valence-electron chi connectivity index (χ4n) is 1.01. The SMILES string of the molecule is N=[N+]([O-])c1cc(C(=O)O)ccc1C(=O)O. The maximum atomic E-state index is 10.7. The van der Waals surface area contributed by atoms with Gasteiger partial charge in [0.15, 0.2) is 0 Å². The van der Waals surface area contributed by atoms with E-state index in [9.17, 15) is 14.8 Å². The molecule has 0 saturated heterocycles. The molecule has 0 aromatic heterocycles. The summed E-state index contributed by atoms with van der Waals surface area (Å²) in [5.74, 6) is -2.69. The number of rotatable bonds is 3. The van der Waals surface area contributed by atoms with Crippen molar-refractivity contribution in [3.05, 3.63) is 34.5 Å². The average molecular weight is 210 g/mol. The molecular formula is C8H6N2O5. The first kappa shape index (κ1) is 10.6. The Morgan fingerprint density at radius 2 is 1.87 bits per heavy atom. The van der Waals surface area contributed by atoms with Crippen LogP contribution < -0.4 is 0 Å². The monoisotopic (exact) mass is 210 g/mol. The Bertz CT molecular complexity index is 454. The van der Waals surface area contributed by atoms with E-state index in [1.807, 2.05) is 0 Å². The van der Waals surface area contributed by atoms with Crippen molar-refractivity contribution in [1.82, 2.24) is 0 Å². The molecule has 0 amide bonds. The maximum absolute atomic E-state index is 10.7. The van der Waals surface area contributed by atoms with Crippen LogP contribution in [-0.4, -0.2) is 27.0 Å². The van der Waals surface area contributed by atoms with Crippen LogP contribution >= 0.6 is 0 Å². The number of carboxylic acid groups (broad SMARTS) is 2. The molecule has 0 atom stereocenters. The van der Waals surface area contributed by atoms with Crippen LogP contribution in [0.3, 0.4) is 0 Å². The molecule has 0 bridgehead atoms. The van der Waals surface area contributed by atoms with Crippen molar-refractivity contribution < 1.29 is 24.7 Å². The maximum Gasteiger partial charge on any atom is 0.342 e. The summed E-state index contributed by atoms with van der Waals surface area (Å²) in [5, 5.41) is 27.9. The topological polar surface area (TPSA) is 125 Å². The van der Waals surface area contributed by atoms with Gasteiger partial charge in [-0.1, -0.05) is 4.86 Å². The Morgan fingerprint density at radius 3 is 2.27 bits per heavy atom. The zero-order valence-corrected chi connectivity index (χ0v) is 7.30. The van der Waals surface area contributed by atoms with Gasteiger partial charge < -0.3 is 15.4 Å². The Kier molecular flexibility index (Phi) is 2.65. The van der Waals surface area contributed by atoms with E-state index in [2.05, 4.69) is 0 Å². The molecule has 0 heterocycles. The molecule has 7 nitrogen and oxygen atoms in total. The van der Waals surface area contributed by atoms with Gasteiger partial charge in [-0.3, -0.25) is 0 Å². The number of nitrogens with zero attached hydrogens (tertiary/aromatic N) is 1. The van der Waals surface area contributed by atoms with Crippen molar-refractivity contribution in [2.24, 2.45) is 0 Å². The Hall–Kier alpha value is -2.44. The smallest absolute Gasteiger partial charge is 0.342 e. The standard InChI is InChI=1S/C8H6N2O5/c9-10(15)6-3-4(7(11)12)1-2-5(6)8(13)14/h1-3,9H,(H,11,12)(H,13,14). The Morgan fingerprint density at radius 1 is 1.27 bits per heavy atom. The molecule has 3 N–H and O–H groups in total. The van der Waals surface area contributed by atoms with Crippen LogP contribution in [0.1, 0.15) is 20.7 Å². The third-order valence-electron chi connectivity index (χ3n) is 1.69. The van der Waals surface area contributed by atoms with Crippen LogP contribution in [0, 0.1) is 10.7 Å². The second-order valence-corrected chi connectivity index (χ2v) is 2.64. The van der Waals surface area contributed by atoms with Crippen molar-refractivity contribution in [2.45, 2.75) is 0 Å². The van der Waals surface area contributed by atoms with E-state index in [1.165, 1.54) is 0 Å². The first-order valence-corrected chi connectivity index (χ1v) is 3.72. The van der Waals surface area contributed by atoms with Crippen LogP contribution in [0.5, 0.6) is 0 Å². The molecule has 15 heavy (non-hydrogen) atoms. The second kappa shape index (κ2) is 3.74. The van der Waals surface area contributed by atoms with Crippen LogP contribution in [-0.2, 0) is 0 Å². The van der Waals surface area contributed by atoms with E-state index < -0.39 is 28.1 Å². The first-order chi connectivity index (χ1) is 6.93. The summed E-state index contributed by atoms with van der Waals surface area (Å²) in [6.07, 6.45) is 0. The van der Waals surface area contributed by atoms with E-state index in [4.69, 9.17) is 15.7 Å². The minimum Gasteiger partial charge on any atom is -0.594 e. The van der Waals surface area contributed by atoms with Crippen molar-refractivity contribution in [2.75, 3.05) is 0 Å². The highest BCUT2D eigenvalue weighted by molar-refractivity contribution is 5.95. The lowest BCUT2D eigenvalue weighted by molar-refractivity contribution is -0.465. The minimum absolute atomic E-state index is 0.247. The highest BCUT2D eigenvalue weighted by Gasteiger charge is 2.19. The summed E-state index contributed by atoms with van der Waals surface area (Å²) >= 11 is 0. The Labute approximate surface area is 83.3 Å². The molecule has 7 heteroatoms. The van der Waals surface area contributed by atoms with Crippen molar-refractivity contribution >= 4 is 17.6 Å². The summed E-state index contributed by atoms with van der Waals surface area (Å²) < 4.78 is 0. The summed E-state index contributed by atoms with van der Waals surface area (Å²) in [5.41, 5.74) is 5.54. The van der Waals surface area contributed by atoms with Crippen LogP contribution in [0.25, 0.3) is 0 Å². The van der Waals surface area contributed by atoms with Crippen molar-refractivity contribution in [1.29, 1.82) is 5.53 Å². The van der Waals surface area contributed by atoms with E-state index >= 15 is 0 Å². The number of hydrogen-bond acceptors (Lipinski definition) is 4. The molecule has 1 aromatic carbocycles. The quantitative estimate of drug-likeness (QED) is 0.393. The van der Waals surface area contributed by atoms with E-state index in [-0.39, 0.29) is 5.56 Å². The number of nitrogens with one attached hydrogen (secondary N) is 1. The molecule has 1 rings (SSSR count). The highest BCUT2D eigenvalue weighted by Crippen LogP contribution is 2.20. The van der Waals surface area contributed by atoms with Gasteiger partial charge in [-0.05, 0) is 17.7 Å². The van der Waals surface area contributed by atoms with Crippen LogP contribution in [0.4, 0.5) is 5.69 Å². The molecule has 0 aliphatic carbocycles. The zero-order valence-electron chi connectivity index (χ0n) is 7.30. The van der Waals surface area contributed by atoms with Crippen molar-refractivity contribution in [3.8, 4) is 0 Å². The predicted octanol–water partition coefficient (Wildman–Crippen LogP) is 1.26. The number of benzene rings is 1. The van der Waals surface area contributed by atoms with Gasteiger partial charge in [0, 0.05) is 6.07 Å². The number of carboxylic acids is 2. The number of hydrogen-bond donors (Lipinski definition) is 3. The van der Waals surface area contributed by atoms with Crippen LogP contribution in [0.2, 0.25) is 0 Å². The van der Waals surface area contributed by atoms with Gasteiger partial charge in [0.05, 0.1) is 5.56 Å². The van der Waals surface area contributed by atoms with Gasteiger partial charge >= 0.3 is 11.9 Å². The fourth-order valence-corrected chi connectivity index (χ4v) is 1.01. The summed E-state index contributed by atoms with van der Waals surface area (Å²) in [4.78, 5) is 20.7. The molecule has 0 fully saturated rings. The molecule has 0 aliphatic rings. The highest BCUT2D eigenvalue weighted by atomic mass is 16.5. The molecule has 78 valence electrons. The number of aromatic carboxylic acids is 2. The largest absolute Gasteiger partial charge is 0.594 e. The fraction of sp³-hybridized carbons (Fsp3) is 0. The summed E-state index contributed by atoms with van der Waals surface area (Å²) in [6.45, 7) is 0. The second-order valence-electron chi connectivity index (χ2n) is 2.64. The predicted molar refractivity (Wildman–Crippen MR) is 46.4 cm³/mol. The van der Waals surface area contributed by atoms with Gasteiger partial charge in [-0.15, -0.1) is 0 Å². The van der Waals surface area contributed by atoms with Gasteiger partial charge in [-0.25, -0.2) is 9.59 Å². The molecule has 0 unspecified atom stereocenters. The first-order valence-electron chi connectivity index (χ1n) is 3.72. The van der Waals surface area contributed by atoms with Gasteiger partial charge in [0.1, 0.15) is 5.56 Å². The molecule has 0 radical (unpaired) electrons. The molecule has 0 aliphatic heterocycles. The molecule has 1 aromatic rings. The van der Waals surface area contributed by atoms with E-state index in [0.717, 1.165) is 18.2 Å². The zero-order chi connectivity index (χ0) is 11.6. The van der Waals surface area contributed by atoms with E-state index in [0.29, 0.717) is 0 Å². The van der Waals surface area contributed by atoms with Gasteiger partial charge in [-0.2, -0.15) is 0 Å². The van der Waals surface area contributed by atoms with E-state index in [1.54, 1.807) is 0 Å². The minimum atomic E-state index is -1.39. The summed E-state index contributed by atoms with van der Waals surface area (Å²) in [6, 6.07) is 2.87. The number of carbonyl (C=O) groups is 2. The molecular weight excluding hydrogens is 204 g/mol. The molecule has 0 saturated carbocycles. The lowest BCUT2D eigenvalue weighted by Crippen LogP contribution is -2.05. The third kappa shape index (κ3) is 2.08. The van der Waals surface area contributed by atoms with Crippen molar-refractivity contribution in [3.63, 3.8) is 0 Å². The average Bonchev–Trinajstić information content (AvgIpc) is 2.16. The Balaban J connectivity index is 3.40. The lowest BCUT2D eigenvalue weighted by atomic mass is 10.1. The normalized spacial score (nSPS) is 9.60.